The fourth-order valence-electron chi connectivity index (χ4n) is 1.44. The summed E-state index contributed by atoms with van der Waals surface area (Å²) in [6.07, 6.45) is 1.78. The number of pyridine rings is 1. The van der Waals surface area contributed by atoms with Crippen LogP contribution < -0.4 is 5.32 Å². The van der Waals surface area contributed by atoms with E-state index in [0.29, 0.717) is 6.54 Å². The molecule has 2 aromatic rings. The summed E-state index contributed by atoms with van der Waals surface area (Å²) in [5.74, 6) is -0.0469. The monoisotopic (exact) mass is 324 g/mol. The van der Waals surface area contributed by atoms with Crippen molar-refractivity contribution >= 4 is 33.2 Å². The zero-order chi connectivity index (χ0) is 13.1. The van der Waals surface area contributed by atoms with Crippen molar-refractivity contribution in [3.8, 4) is 0 Å². The summed E-state index contributed by atoms with van der Waals surface area (Å²) < 4.78 is 1.00. The molecule has 0 spiro atoms. The number of aromatic nitrogens is 1. The molecule has 0 aliphatic carbocycles. The summed E-state index contributed by atoms with van der Waals surface area (Å²) in [5.41, 5.74) is 3.06. The van der Waals surface area contributed by atoms with E-state index in [9.17, 15) is 4.79 Å². The lowest BCUT2D eigenvalue weighted by atomic mass is 10.2. The molecule has 0 saturated carbocycles. The van der Waals surface area contributed by atoms with Gasteiger partial charge in [-0.25, -0.2) is 0 Å². The number of hydrogen-bond donors (Lipinski definition) is 1. The van der Waals surface area contributed by atoms with Crippen molar-refractivity contribution in [3.63, 3.8) is 0 Å². The van der Waals surface area contributed by atoms with Gasteiger partial charge in [-0.1, -0.05) is 6.07 Å². The first-order valence-electron chi connectivity index (χ1n) is 5.52. The Morgan fingerprint density at radius 2 is 2.22 bits per heavy atom. The van der Waals surface area contributed by atoms with E-state index in [-0.39, 0.29) is 5.91 Å². The lowest BCUT2D eigenvalue weighted by molar-refractivity contribution is 0.0955. The zero-order valence-corrected chi connectivity index (χ0v) is 12.6. The number of carbonyl (C=O) groups is 1. The third-order valence-corrected chi connectivity index (χ3v) is 4.64. The van der Waals surface area contributed by atoms with E-state index in [1.807, 2.05) is 32.0 Å². The largest absolute Gasteiger partial charge is 0.347 e. The van der Waals surface area contributed by atoms with Crippen LogP contribution in [-0.2, 0) is 6.54 Å². The Hall–Kier alpha value is -1.20. The maximum Gasteiger partial charge on any atom is 0.261 e. The highest BCUT2D eigenvalue weighted by Gasteiger charge is 2.10. The minimum atomic E-state index is -0.0469. The molecule has 0 aliphatic heterocycles. The molecule has 5 heteroatoms. The van der Waals surface area contributed by atoms with E-state index < -0.39 is 0 Å². The van der Waals surface area contributed by atoms with Crippen LogP contribution in [0.3, 0.4) is 0 Å². The van der Waals surface area contributed by atoms with Crippen molar-refractivity contribution in [1.82, 2.24) is 10.3 Å². The van der Waals surface area contributed by atoms with E-state index >= 15 is 0 Å². The molecule has 2 rings (SSSR count). The molecule has 94 valence electrons. The first-order valence-corrected chi connectivity index (χ1v) is 7.13. The number of nitrogens with zero attached hydrogens (tertiary/aromatic N) is 1. The zero-order valence-electron chi connectivity index (χ0n) is 10.2. The topological polar surface area (TPSA) is 42.0 Å². The van der Waals surface area contributed by atoms with Gasteiger partial charge in [0.25, 0.3) is 5.91 Å². The molecule has 0 atom stereocenters. The van der Waals surface area contributed by atoms with Gasteiger partial charge in [0.1, 0.15) is 0 Å². The second-order valence-corrected chi connectivity index (χ2v) is 6.43. The van der Waals surface area contributed by atoms with Gasteiger partial charge < -0.3 is 5.32 Å². The van der Waals surface area contributed by atoms with Gasteiger partial charge in [-0.2, -0.15) is 0 Å². The summed E-state index contributed by atoms with van der Waals surface area (Å²) in [5, 5.41) is 2.89. The number of halogens is 1. The quantitative estimate of drug-likeness (QED) is 0.939. The Morgan fingerprint density at radius 3 is 2.78 bits per heavy atom. The van der Waals surface area contributed by atoms with Crippen LogP contribution in [0.1, 0.15) is 26.5 Å². The number of thiophene rings is 1. The predicted molar refractivity (Wildman–Crippen MR) is 76.9 cm³/mol. The highest BCUT2D eigenvalue weighted by molar-refractivity contribution is 9.11. The van der Waals surface area contributed by atoms with Gasteiger partial charge in [0.15, 0.2) is 0 Å². The second kappa shape index (κ2) is 5.63. The SMILES string of the molecule is Cc1ccc(CNC(=O)c2cc(C)c(Br)s2)cn1. The van der Waals surface area contributed by atoms with E-state index in [0.717, 1.165) is 25.5 Å². The van der Waals surface area contributed by atoms with Gasteiger partial charge in [-0.05, 0) is 53.0 Å². The van der Waals surface area contributed by atoms with Crippen molar-refractivity contribution in [2.24, 2.45) is 0 Å². The van der Waals surface area contributed by atoms with Gasteiger partial charge in [0.05, 0.1) is 8.66 Å². The van der Waals surface area contributed by atoms with Crippen LogP contribution in [0, 0.1) is 13.8 Å². The van der Waals surface area contributed by atoms with Gasteiger partial charge in [0, 0.05) is 18.4 Å². The molecular weight excluding hydrogens is 312 g/mol. The number of amides is 1. The Labute approximate surface area is 118 Å². The van der Waals surface area contributed by atoms with E-state index in [1.165, 1.54) is 11.3 Å². The Bertz CT molecular complexity index is 543. The molecule has 0 radical (unpaired) electrons. The van der Waals surface area contributed by atoms with Gasteiger partial charge in [-0.15, -0.1) is 11.3 Å². The Balaban J connectivity index is 1.98. The van der Waals surface area contributed by atoms with Crippen LogP contribution in [0.15, 0.2) is 28.2 Å². The van der Waals surface area contributed by atoms with Gasteiger partial charge >= 0.3 is 0 Å². The average molecular weight is 325 g/mol. The number of aryl methyl sites for hydroxylation is 2. The lowest BCUT2D eigenvalue weighted by Gasteiger charge is -2.03. The normalized spacial score (nSPS) is 10.4. The molecule has 2 aromatic heterocycles. The third-order valence-electron chi connectivity index (χ3n) is 2.51. The Morgan fingerprint density at radius 1 is 1.44 bits per heavy atom. The van der Waals surface area contributed by atoms with Crippen molar-refractivity contribution in [3.05, 3.63) is 49.9 Å². The smallest absolute Gasteiger partial charge is 0.261 e. The summed E-state index contributed by atoms with van der Waals surface area (Å²) in [7, 11) is 0. The third kappa shape index (κ3) is 3.17. The number of carbonyl (C=O) groups excluding carboxylic acids is 1. The summed E-state index contributed by atoms with van der Waals surface area (Å²) in [4.78, 5) is 16.8. The van der Waals surface area contributed by atoms with E-state index in [4.69, 9.17) is 0 Å². The average Bonchev–Trinajstić information content (AvgIpc) is 2.69. The lowest BCUT2D eigenvalue weighted by Crippen LogP contribution is -2.21. The highest BCUT2D eigenvalue weighted by Crippen LogP contribution is 2.27. The van der Waals surface area contributed by atoms with Gasteiger partial charge in [0.2, 0.25) is 0 Å². The number of rotatable bonds is 3. The maximum atomic E-state index is 11.9. The van der Waals surface area contributed by atoms with Crippen molar-refractivity contribution in [2.45, 2.75) is 20.4 Å². The predicted octanol–water partition coefficient (Wildman–Crippen LogP) is 3.45. The highest BCUT2D eigenvalue weighted by atomic mass is 79.9. The van der Waals surface area contributed by atoms with Gasteiger partial charge in [-0.3, -0.25) is 9.78 Å². The first kappa shape index (κ1) is 13.2. The standard InChI is InChI=1S/C13H13BrN2OS/c1-8-5-11(18-12(8)14)13(17)16-7-10-4-3-9(2)15-6-10/h3-6H,7H2,1-2H3,(H,16,17). The van der Waals surface area contributed by atoms with Crippen molar-refractivity contribution in [2.75, 3.05) is 0 Å². The maximum absolute atomic E-state index is 11.9. The first-order chi connectivity index (χ1) is 8.56. The van der Waals surface area contributed by atoms with Crippen molar-refractivity contribution in [1.29, 1.82) is 0 Å². The molecule has 2 heterocycles. The fourth-order valence-corrected chi connectivity index (χ4v) is 2.90. The number of hydrogen-bond acceptors (Lipinski definition) is 3. The van der Waals surface area contributed by atoms with Crippen LogP contribution in [0.25, 0.3) is 0 Å². The molecule has 0 bridgehead atoms. The molecule has 3 nitrogen and oxygen atoms in total. The molecule has 0 aliphatic rings. The summed E-state index contributed by atoms with van der Waals surface area (Å²) in [6.45, 7) is 4.41. The molecule has 0 saturated heterocycles. The summed E-state index contributed by atoms with van der Waals surface area (Å²) >= 11 is 4.87. The van der Waals surface area contributed by atoms with Crippen LogP contribution in [0.5, 0.6) is 0 Å². The minimum absolute atomic E-state index is 0.0469. The van der Waals surface area contributed by atoms with Crippen LogP contribution in [0.2, 0.25) is 0 Å². The Kier molecular flexibility index (Phi) is 4.14. The minimum Gasteiger partial charge on any atom is -0.347 e. The molecule has 1 amide bonds. The molecular formula is C13H13BrN2OS. The molecule has 18 heavy (non-hydrogen) atoms. The van der Waals surface area contributed by atoms with E-state index in [2.05, 4.69) is 26.2 Å². The van der Waals surface area contributed by atoms with Crippen LogP contribution in [0.4, 0.5) is 0 Å². The van der Waals surface area contributed by atoms with Crippen LogP contribution in [-0.4, -0.2) is 10.9 Å². The van der Waals surface area contributed by atoms with Crippen LogP contribution >= 0.6 is 27.3 Å². The molecule has 0 aromatic carbocycles. The van der Waals surface area contributed by atoms with Crippen molar-refractivity contribution < 1.29 is 4.79 Å². The molecule has 0 fully saturated rings. The fraction of sp³-hybridized carbons (Fsp3) is 0.231. The molecule has 0 unspecified atom stereocenters. The molecule has 1 N–H and O–H groups in total. The summed E-state index contributed by atoms with van der Waals surface area (Å²) in [6, 6.07) is 5.79. The second-order valence-electron chi connectivity index (χ2n) is 4.06. The van der Waals surface area contributed by atoms with E-state index in [1.54, 1.807) is 6.20 Å². The number of nitrogens with one attached hydrogen (secondary N) is 1.